The van der Waals surface area contributed by atoms with Crippen LogP contribution in [-0.4, -0.2) is 4.92 Å². The second-order valence-electron chi connectivity index (χ2n) is 3.17. The Bertz CT molecular complexity index is 543. The van der Waals surface area contributed by atoms with Crippen molar-refractivity contribution in [2.75, 3.05) is 0 Å². The molecule has 0 saturated heterocycles. The molecular formula is C11H9NO2S. The topological polar surface area (TPSA) is 43.1 Å². The van der Waals surface area contributed by atoms with Crippen molar-refractivity contribution in [1.82, 2.24) is 0 Å². The van der Waals surface area contributed by atoms with E-state index < -0.39 is 4.92 Å². The van der Waals surface area contributed by atoms with Crippen LogP contribution in [0.5, 0.6) is 0 Å². The van der Waals surface area contributed by atoms with Crippen LogP contribution in [0.25, 0.3) is 16.2 Å². The molecule has 0 N–H and O–H groups in total. The summed E-state index contributed by atoms with van der Waals surface area (Å²) in [5.74, 6) is 0. The first-order valence-electron chi connectivity index (χ1n) is 4.48. The minimum absolute atomic E-state index is 0.439. The van der Waals surface area contributed by atoms with Gasteiger partial charge in [0, 0.05) is 26.6 Å². The fourth-order valence-electron chi connectivity index (χ4n) is 1.53. The number of rotatable bonds is 2. The summed E-state index contributed by atoms with van der Waals surface area (Å²) in [6.07, 6.45) is 2.55. The van der Waals surface area contributed by atoms with Gasteiger partial charge in [-0.25, -0.2) is 0 Å². The molecule has 0 amide bonds. The van der Waals surface area contributed by atoms with Gasteiger partial charge < -0.3 is 0 Å². The lowest BCUT2D eigenvalue weighted by Crippen LogP contribution is -1.82. The maximum atomic E-state index is 10.3. The van der Waals surface area contributed by atoms with E-state index in [-0.39, 0.29) is 0 Å². The predicted molar refractivity (Wildman–Crippen MR) is 62.6 cm³/mol. The molecule has 0 aliphatic heterocycles. The van der Waals surface area contributed by atoms with Gasteiger partial charge in [-0.1, -0.05) is 18.2 Å². The van der Waals surface area contributed by atoms with Gasteiger partial charge in [-0.15, -0.1) is 11.3 Å². The molecule has 0 saturated carbocycles. The molecule has 15 heavy (non-hydrogen) atoms. The molecule has 0 aliphatic rings. The van der Waals surface area contributed by atoms with Gasteiger partial charge >= 0.3 is 0 Å². The van der Waals surface area contributed by atoms with Crippen molar-refractivity contribution in [3.05, 3.63) is 51.0 Å². The van der Waals surface area contributed by atoms with Crippen LogP contribution in [0.15, 0.2) is 30.5 Å². The molecule has 2 aromatic rings. The van der Waals surface area contributed by atoms with Gasteiger partial charge in [-0.3, -0.25) is 10.1 Å². The Balaban J connectivity index is 2.59. The van der Waals surface area contributed by atoms with Gasteiger partial charge in [0.05, 0.1) is 4.92 Å². The van der Waals surface area contributed by atoms with Crippen LogP contribution in [0.3, 0.4) is 0 Å². The highest BCUT2D eigenvalue weighted by atomic mass is 32.1. The maximum absolute atomic E-state index is 10.3. The van der Waals surface area contributed by atoms with Crippen LogP contribution in [0.1, 0.15) is 10.4 Å². The van der Waals surface area contributed by atoms with Crippen molar-refractivity contribution in [2.24, 2.45) is 0 Å². The van der Waals surface area contributed by atoms with E-state index in [4.69, 9.17) is 0 Å². The highest BCUT2D eigenvalue weighted by molar-refractivity contribution is 7.19. The Morgan fingerprint density at radius 2 is 2.13 bits per heavy atom. The first kappa shape index (κ1) is 9.86. The minimum Gasteiger partial charge on any atom is -0.259 e. The van der Waals surface area contributed by atoms with E-state index in [2.05, 4.69) is 0 Å². The normalized spacial score (nSPS) is 11.3. The Labute approximate surface area is 90.8 Å². The zero-order chi connectivity index (χ0) is 10.8. The van der Waals surface area contributed by atoms with Gasteiger partial charge in [0.25, 0.3) is 0 Å². The highest BCUT2D eigenvalue weighted by Gasteiger charge is 2.06. The molecule has 76 valence electrons. The van der Waals surface area contributed by atoms with E-state index in [0.29, 0.717) is 0 Å². The summed E-state index contributed by atoms with van der Waals surface area (Å²) < 4.78 is 1.16. The molecular weight excluding hydrogens is 210 g/mol. The smallest absolute Gasteiger partial charge is 0.235 e. The first-order chi connectivity index (χ1) is 7.18. The Morgan fingerprint density at radius 3 is 2.87 bits per heavy atom. The van der Waals surface area contributed by atoms with E-state index >= 15 is 0 Å². The Morgan fingerprint density at radius 1 is 1.40 bits per heavy atom. The third-order valence-corrected chi connectivity index (χ3v) is 3.28. The van der Waals surface area contributed by atoms with Gasteiger partial charge in [0.1, 0.15) is 0 Å². The van der Waals surface area contributed by atoms with Gasteiger partial charge in [0.2, 0.25) is 6.20 Å². The molecule has 0 radical (unpaired) electrons. The van der Waals surface area contributed by atoms with Crippen molar-refractivity contribution in [1.29, 1.82) is 0 Å². The summed E-state index contributed by atoms with van der Waals surface area (Å²) >= 11 is 1.66. The average Bonchev–Trinajstić information content (AvgIpc) is 2.50. The fourth-order valence-corrected chi connectivity index (χ4v) is 2.58. The summed E-state index contributed by atoms with van der Waals surface area (Å²) in [6.45, 7) is 1.98. The molecule has 0 atom stereocenters. The average molecular weight is 219 g/mol. The Hall–Kier alpha value is -1.68. The fraction of sp³-hybridized carbons (Fsp3) is 0.0909. The summed E-state index contributed by atoms with van der Waals surface area (Å²) in [5, 5.41) is 11.3. The first-order valence-corrected chi connectivity index (χ1v) is 5.30. The molecule has 2 rings (SSSR count). The summed E-state index contributed by atoms with van der Waals surface area (Å²) in [4.78, 5) is 10.9. The van der Waals surface area contributed by atoms with Crippen LogP contribution in [0.2, 0.25) is 0 Å². The quantitative estimate of drug-likeness (QED) is 0.573. The van der Waals surface area contributed by atoms with Crippen molar-refractivity contribution in [3.8, 4) is 0 Å². The lowest BCUT2D eigenvalue weighted by Gasteiger charge is -1.90. The van der Waals surface area contributed by atoms with E-state index in [0.717, 1.165) is 26.7 Å². The third kappa shape index (κ3) is 1.89. The van der Waals surface area contributed by atoms with E-state index in [1.54, 1.807) is 17.4 Å². The zero-order valence-corrected chi connectivity index (χ0v) is 8.95. The zero-order valence-electron chi connectivity index (χ0n) is 8.14. The molecule has 4 heteroatoms. The molecule has 0 fully saturated rings. The molecule has 1 aromatic carbocycles. The van der Waals surface area contributed by atoms with Crippen LogP contribution >= 0.6 is 11.3 Å². The molecule has 0 spiro atoms. The highest BCUT2D eigenvalue weighted by Crippen LogP contribution is 2.31. The summed E-state index contributed by atoms with van der Waals surface area (Å²) in [6, 6.07) is 7.92. The lowest BCUT2D eigenvalue weighted by atomic mass is 10.1. The van der Waals surface area contributed by atoms with Crippen LogP contribution < -0.4 is 0 Å². The molecule has 0 aliphatic carbocycles. The number of nitrogens with zero attached hydrogens (tertiary/aromatic N) is 1. The number of fused-ring (bicyclic) bond motifs is 1. The number of nitro groups is 1. The van der Waals surface area contributed by atoms with Gasteiger partial charge in [-0.05, 0) is 13.0 Å². The molecule has 1 aromatic heterocycles. The summed E-state index contributed by atoms with van der Waals surface area (Å²) in [5.41, 5.74) is 0.951. The van der Waals surface area contributed by atoms with Crippen molar-refractivity contribution >= 4 is 27.5 Å². The van der Waals surface area contributed by atoms with E-state index in [9.17, 15) is 10.1 Å². The molecule has 0 bridgehead atoms. The standard InChI is InChI=1S/C11H9NO2S/c1-8-9(6-7-12(13)14)10-4-2-3-5-11(10)15-8/h2-7H,1H3/b7-6+. The van der Waals surface area contributed by atoms with E-state index in [1.807, 2.05) is 31.2 Å². The van der Waals surface area contributed by atoms with Crippen LogP contribution in [-0.2, 0) is 0 Å². The Kier molecular flexibility index (Phi) is 2.51. The van der Waals surface area contributed by atoms with Crippen LogP contribution in [0.4, 0.5) is 0 Å². The number of benzene rings is 1. The molecule has 3 nitrogen and oxygen atoms in total. The van der Waals surface area contributed by atoms with Crippen molar-refractivity contribution in [2.45, 2.75) is 6.92 Å². The van der Waals surface area contributed by atoms with Gasteiger partial charge in [0.15, 0.2) is 0 Å². The number of hydrogen-bond acceptors (Lipinski definition) is 3. The maximum Gasteiger partial charge on any atom is 0.235 e. The second-order valence-corrected chi connectivity index (χ2v) is 4.43. The van der Waals surface area contributed by atoms with Crippen molar-refractivity contribution in [3.63, 3.8) is 0 Å². The summed E-state index contributed by atoms with van der Waals surface area (Å²) in [7, 11) is 0. The minimum atomic E-state index is -0.439. The molecule has 1 heterocycles. The number of thiophene rings is 1. The molecule has 0 unspecified atom stereocenters. The lowest BCUT2D eigenvalue weighted by molar-refractivity contribution is -0.400. The predicted octanol–water partition coefficient (Wildman–Crippen LogP) is 3.46. The largest absolute Gasteiger partial charge is 0.259 e. The van der Waals surface area contributed by atoms with E-state index in [1.165, 1.54) is 0 Å². The van der Waals surface area contributed by atoms with Crippen molar-refractivity contribution < 1.29 is 4.92 Å². The third-order valence-electron chi connectivity index (χ3n) is 2.18. The SMILES string of the molecule is Cc1sc2ccccc2c1/C=C/[N+](=O)[O-]. The number of aryl methyl sites for hydroxylation is 1. The second kappa shape index (κ2) is 3.82. The van der Waals surface area contributed by atoms with Crippen LogP contribution in [0, 0.1) is 17.0 Å². The monoisotopic (exact) mass is 219 g/mol. The number of hydrogen-bond donors (Lipinski definition) is 0. The van der Waals surface area contributed by atoms with Gasteiger partial charge in [-0.2, -0.15) is 0 Å².